The lowest BCUT2D eigenvalue weighted by Crippen LogP contribution is -2.28. The summed E-state index contributed by atoms with van der Waals surface area (Å²) < 4.78 is 17.9. The number of ether oxygens (including phenoxy) is 2. The molecule has 0 aliphatic heterocycles. The van der Waals surface area contributed by atoms with Crippen LogP contribution < -0.4 is 14.9 Å². The maximum absolute atomic E-state index is 13.2. The maximum Gasteiger partial charge on any atom is 0.204 e. The number of halogens is 2. The first kappa shape index (κ1) is 29.0. The van der Waals surface area contributed by atoms with Gasteiger partial charge >= 0.3 is 0 Å². The number of fused-ring (bicyclic) bond motifs is 2. The molecule has 0 aliphatic rings. The van der Waals surface area contributed by atoms with Crippen molar-refractivity contribution in [1.29, 1.82) is 0 Å². The van der Waals surface area contributed by atoms with Gasteiger partial charge in [-0.1, -0.05) is 33.8 Å². The van der Waals surface area contributed by atoms with Gasteiger partial charge in [0.1, 0.15) is 41.3 Å². The second-order valence-electron chi connectivity index (χ2n) is 7.47. The van der Waals surface area contributed by atoms with Crippen LogP contribution in [0.4, 0.5) is 0 Å². The van der Waals surface area contributed by atoms with Crippen molar-refractivity contribution in [3.63, 3.8) is 0 Å². The van der Waals surface area contributed by atoms with Crippen LogP contribution in [0.25, 0.3) is 21.9 Å². The highest BCUT2D eigenvalue weighted by atomic mass is 35.5. The van der Waals surface area contributed by atoms with Gasteiger partial charge in [-0.2, -0.15) is 0 Å². The summed E-state index contributed by atoms with van der Waals surface area (Å²) in [6.45, 7) is 15.3. The van der Waals surface area contributed by atoms with Crippen LogP contribution >= 0.6 is 24.8 Å². The number of benzene rings is 2. The smallest absolute Gasteiger partial charge is 0.204 e. The van der Waals surface area contributed by atoms with Crippen molar-refractivity contribution in [2.45, 2.75) is 27.7 Å². The van der Waals surface area contributed by atoms with Crippen molar-refractivity contribution in [2.24, 2.45) is 0 Å². The molecule has 0 aliphatic carbocycles. The Bertz CT molecular complexity index is 1050. The molecule has 8 heteroatoms. The Hall–Kier alpha value is -1.99. The number of rotatable bonds is 12. The summed E-state index contributed by atoms with van der Waals surface area (Å²) in [6, 6.07) is 10.9. The monoisotopic (exact) mass is 498 g/mol. The van der Waals surface area contributed by atoms with Crippen LogP contribution in [0.5, 0.6) is 11.5 Å². The van der Waals surface area contributed by atoms with Crippen molar-refractivity contribution < 1.29 is 13.9 Å². The molecule has 1 heterocycles. The molecule has 0 unspecified atom stereocenters. The van der Waals surface area contributed by atoms with E-state index in [2.05, 4.69) is 37.5 Å². The van der Waals surface area contributed by atoms with E-state index in [1.165, 1.54) is 0 Å². The molecule has 1 aromatic heterocycles. The van der Waals surface area contributed by atoms with Crippen LogP contribution in [0, 0.1) is 0 Å². The lowest BCUT2D eigenvalue weighted by atomic mass is 10.1. The third-order valence-electron chi connectivity index (χ3n) is 5.76. The Balaban J connectivity index is 0.00000272. The zero-order chi connectivity index (χ0) is 22.2. The Morgan fingerprint density at radius 2 is 1.39 bits per heavy atom. The van der Waals surface area contributed by atoms with Crippen molar-refractivity contribution in [1.82, 2.24) is 9.80 Å². The maximum atomic E-state index is 13.2. The molecule has 0 amide bonds. The summed E-state index contributed by atoms with van der Waals surface area (Å²) in [5.74, 6) is 1.27. The Morgan fingerprint density at radius 3 is 2.00 bits per heavy atom. The third-order valence-corrected chi connectivity index (χ3v) is 5.76. The van der Waals surface area contributed by atoms with Gasteiger partial charge in [-0.3, -0.25) is 4.79 Å². The van der Waals surface area contributed by atoms with Crippen LogP contribution in [-0.2, 0) is 0 Å². The molecule has 3 aromatic rings. The van der Waals surface area contributed by atoms with E-state index >= 15 is 0 Å². The van der Waals surface area contributed by atoms with E-state index in [0.29, 0.717) is 46.7 Å². The SMILES string of the molecule is CCN(CC)CCOc1ccc2c(=O)c3c(OCCN(CC)CC)cccc3oc2c1.Cl.Cl. The molecule has 0 spiro atoms. The third kappa shape index (κ3) is 7.24. The summed E-state index contributed by atoms with van der Waals surface area (Å²) in [4.78, 5) is 17.8. The molecule has 184 valence electrons. The molecule has 2 aromatic carbocycles. The Kier molecular flexibility index (Phi) is 12.6. The van der Waals surface area contributed by atoms with Crippen molar-refractivity contribution >= 4 is 46.8 Å². The molecule has 6 nitrogen and oxygen atoms in total. The molecule has 3 rings (SSSR count). The molecule has 33 heavy (non-hydrogen) atoms. The van der Waals surface area contributed by atoms with Crippen LogP contribution in [0.1, 0.15) is 27.7 Å². The normalized spacial score (nSPS) is 11.0. The molecule has 0 bridgehead atoms. The van der Waals surface area contributed by atoms with Crippen molar-refractivity contribution in [3.8, 4) is 11.5 Å². The second kappa shape index (κ2) is 14.3. The summed E-state index contributed by atoms with van der Waals surface area (Å²) in [5.41, 5.74) is 0.973. The number of hydrogen-bond donors (Lipinski definition) is 0. The quantitative estimate of drug-likeness (QED) is 0.318. The molecule has 0 saturated carbocycles. The van der Waals surface area contributed by atoms with Gasteiger partial charge < -0.3 is 23.7 Å². The van der Waals surface area contributed by atoms with E-state index < -0.39 is 0 Å². The number of likely N-dealkylation sites (N-methyl/N-ethyl adjacent to an activating group) is 2. The summed E-state index contributed by atoms with van der Waals surface area (Å²) in [7, 11) is 0. The van der Waals surface area contributed by atoms with Gasteiger partial charge in [0, 0.05) is 19.2 Å². The molecule has 0 atom stereocenters. The fourth-order valence-corrected chi connectivity index (χ4v) is 3.71. The van der Waals surface area contributed by atoms with E-state index in [9.17, 15) is 4.79 Å². The minimum Gasteiger partial charge on any atom is -0.492 e. The zero-order valence-corrected chi connectivity index (χ0v) is 21.6. The number of nitrogens with zero attached hydrogens (tertiary/aromatic N) is 2. The average molecular weight is 499 g/mol. The molecular formula is C25H36Cl2N2O4. The van der Waals surface area contributed by atoms with E-state index in [4.69, 9.17) is 13.9 Å². The minimum atomic E-state index is -0.0793. The first-order valence-corrected chi connectivity index (χ1v) is 11.3. The van der Waals surface area contributed by atoms with Crippen LogP contribution in [-0.4, -0.2) is 62.3 Å². The Morgan fingerprint density at radius 1 is 0.788 bits per heavy atom. The first-order valence-electron chi connectivity index (χ1n) is 11.3. The Labute approximate surface area is 208 Å². The minimum absolute atomic E-state index is 0. The standard InChI is InChI=1S/C25H34N2O4.2ClH/c1-5-26(6-2)14-16-29-19-12-13-20-23(18-19)31-22-11-9-10-21(24(22)25(20)28)30-17-15-27(7-3)8-4;;/h9-13,18H,5-8,14-17H2,1-4H3;2*1H. The van der Waals surface area contributed by atoms with Gasteiger partial charge in [-0.25, -0.2) is 0 Å². The molecular weight excluding hydrogens is 463 g/mol. The van der Waals surface area contributed by atoms with E-state index in [0.717, 1.165) is 39.3 Å². The summed E-state index contributed by atoms with van der Waals surface area (Å²) in [5, 5.41) is 1.02. The van der Waals surface area contributed by atoms with Crippen LogP contribution in [0.15, 0.2) is 45.6 Å². The van der Waals surface area contributed by atoms with Gasteiger partial charge in [-0.05, 0) is 50.4 Å². The predicted octanol–water partition coefficient (Wildman–Crippen LogP) is 5.23. The fraction of sp³-hybridized carbons (Fsp3) is 0.480. The van der Waals surface area contributed by atoms with Crippen LogP contribution in [0.3, 0.4) is 0 Å². The summed E-state index contributed by atoms with van der Waals surface area (Å²) >= 11 is 0. The van der Waals surface area contributed by atoms with Gasteiger partial charge in [-0.15, -0.1) is 24.8 Å². The number of hydrogen-bond acceptors (Lipinski definition) is 6. The zero-order valence-electron chi connectivity index (χ0n) is 20.0. The van der Waals surface area contributed by atoms with Crippen molar-refractivity contribution in [2.75, 3.05) is 52.5 Å². The lowest BCUT2D eigenvalue weighted by Gasteiger charge is -2.18. The highest BCUT2D eigenvalue weighted by Gasteiger charge is 2.14. The van der Waals surface area contributed by atoms with Crippen molar-refractivity contribution in [3.05, 3.63) is 46.6 Å². The molecule has 0 saturated heterocycles. The fourth-order valence-electron chi connectivity index (χ4n) is 3.71. The first-order chi connectivity index (χ1) is 15.1. The van der Waals surface area contributed by atoms with Crippen LogP contribution in [0.2, 0.25) is 0 Å². The molecule has 0 fully saturated rings. The van der Waals surface area contributed by atoms with Gasteiger partial charge in [0.2, 0.25) is 5.43 Å². The topological polar surface area (TPSA) is 55.1 Å². The highest BCUT2D eigenvalue weighted by molar-refractivity contribution is 5.93. The van der Waals surface area contributed by atoms with E-state index in [1.807, 2.05) is 18.2 Å². The molecule has 0 N–H and O–H groups in total. The van der Waals surface area contributed by atoms with Gasteiger partial charge in [0.05, 0.1) is 5.39 Å². The lowest BCUT2D eigenvalue weighted by molar-refractivity contribution is 0.223. The molecule has 0 radical (unpaired) electrons. The highest BCUT2D eigenvalue weighted by Crippen LogP contribution is 2.28. The van der Waals surface area contributed by atoms with Gasteiger partial charge in [0.15, 0.2) is 0 Å². The predicted molar refractivity (Wildman–Crippen MR) is 141 cm³/mol. The summed E-state index contributed by atoms with van der Waals surface area (Å²) in [6.07, 6.45) is 0. The van der Waals surface area contributed by atoms with E-state index in [-0.39, 0.29) is 30.2 Å². The second-order valence-corrected chi connectivity index (χ2v) is 7.47. The van der Waals surface area contributed by atoms with E-state index in [1.54, 1.807) is 18.2 Å². The van der Waals surface area contributed by atoms with Gasteiger partial charge in [0.25, 0.3) is 0 Å². The largest absolute Gasteiger partial charge is 0.492 e. The average Bonchev–Trinajstić information content (AvgIpc) is 2.79.